The summed E-state index contributed by atoms with van der Waals surface area (Å²) < 4.78 is 0. The number of carbonyl (C=O) groups is 2. The van der Waals surface area contributed by atoms with E-state index in [9.17, 15) is 9.59 Å². The lowest BCUT2D eigenvalue weighted by molar-refractivity contribution is -0.132. The Hall–Kier alpha value is -1.06. The summed E-state index contributed by atoms with van der Waals surface area (Å²) in [4.78, 5) is 27.8. The van der Waals surface area contributed by atoms with Crippen LogP contribution < -0.4 is 0 Å². The van der Waals surface area contributed by atoms with Crippen LogP contribution in [0.5, 0.6) is 0 Å². The van der Waals surface area contributed by atoms with Gasteiger partial charge in [-0.05, 0) is 38.0 Å². The summed E-state index contributed by atoms with van der Waals surface area (Å²) in [6.07, 6.45) is 5.27. The van der Waals surface area contributed by atoms with Crippen molar-refractivity contribution in [2.75, 3.05) is 6.54 Å². The standard InChI is InChI=1S/C12H18N2O2/c1-8-4-3-7-13-10(8)11(15)14(12(13)16)9-5-2-6-9/h8-10H,2-7H2,1H3. The van der Waals surface area contributed by atoms with E-state index in [4.69, 9.17) is 0 Å². The fraction of sp³-hybridized carbons (Fsp3) is 0.833. The number of hydrogen-bond acceptors (Lipinski definition) is 2. The Labute approximate surface area is 95.6 Å². The number of piperidine rings is 1. The highest BCUT2D eigenvalue weighted by Crippen LogP contribution is 2.36. The molecule has 0 aromatic rings. The van der Waals surface area contributed by atoms with Crippen LogP contribution in [0, 0.1) is 5.92 Å². The molecule has 1 saturated carbocycles. The van der Waals surface area contributed by atoms with Gasteiger partial charge in [0, 0.05) is 12.6 Å². The molecule has 4 nitrogen and oxygen atoms in total. The lowest BCUT2D eigenvalue weighted by Gasteiger charge is -2.32. The van der Waals surface area contributed by atoms with Gasteiger partial charge in [0.2, 0.25) is 0 Å². The predicted molar refractivity (Wildman–Crippen MR) is 58.8 cm³/mol. The first-order valence-corrected chi connectivity index (χ1v) is 6.34. The molecule has 88 valence electrons. The average Bonchev–Trinajstić information content (AvgIpc) is 2.42. The Morgan fingerprint density at radius 2 is 1.88 bits per heavy atom. The van der Waals surface area contributed by atoms with Crippen LogP contribution in [0.15, 0.2) is 0 Å². The van der Waals surface area contributed by atoms with Crippen LogP contribution in [-0.4, -0.2) is 40.4 Å². The van der Waals surface area contributed by atoms with E-state index in [-0.39, 0.29) is 24.0 Å². The van der Waals surface area contributed by atoms with E-state index in [2.05, 4.69) is 6.92 Å². The first-order valence-electron chi connectivity index (χ1n) is 6.34. The fourth-order valence-electron chi connectivity index (χ4n) is 3.14. The molecule has 3 amide bonds. The lowest BCUT2D eigenvalue weighted by atomic mass is 9.89. The number of hydrogen-bond donors (Lipinski definition) is 0. The normalized spacial score (nSPS) is 35.3. The van der Waals surface area contributed by atoms with Crippen molar-refractivity contribution >= 4 is 11.9 Å². The molecule has 2 unspecified atom stereocenters. The van der Waals surface area contributed by atoms with Crippen LogP contribution in [0.4, 0.5) is 4.79 Å². The van der Waals surface area contributed by atoms with Gasteiger partial charge in [-0.1, -0.05) is 6.92 Å². The van der Waals surface area contributed by atoms with E-state index in [1.165, 1.54) is 0 Å². The smallest absolute Gasteiger partial charge is 0.312 e. The monoisotopic (exact) mass is 222 g/mol. The van der Waals surface area contributed by atoms with Gasteiger partial charge in [-0.2, -0.15) is 0 Å². The lowest BCUT2D eigenvalue weighted by Crippen LogP contribution is -2.45. The van der Waals surface area contributed by atoms with E-state index in [1.54, 1.807) is 9.80 Å². The average molecular weight is 222 g/mol. The molecule has 1 aliphatic carbocycles. The molecule has 0 spiro atoms. The topological polar surface area (TPSA) is 40.6 Å². The third-order valence-corrected chi connectivity index (χ3v) is 4.32. The molecule has 3 aliphatic rings. The summed E-state index contributed by atoms with van der Waals surface area (Å²) in [5, 5.41) is 0. The first kappa shape index (κ1) is 10.1. The molecule has 2 saturated heterocycles. The van der Waals surface area contributed by atoms with E-state index in [0.29, 0.717) is 5.92 Å². The van der Waals surface area contributed by atoms with Crippen molar-refractivity contribution in [1.29, 1.82) is 0 Å². The molecule has 0 N–H and O–H groups in total. The molecule has 0 aromatic carbocycles. The third-order valence-electron chi connectivity index (χ3n) is 4.32. The molecule has 3 fully saturated rings. The van der Waals surface area contributed by atoms with Crippen molar-refractivity contribution in [3.8, 4) is 0 Å². The second kappa shape index (κ2) is 3.47. The van der Waals surface area contributed by atoms with Crippen molar-refractivity contribution in [1.82, 2.24) is 9.80 Å². The molecule has 0 aromatic heterocycles. The minimum absolute atomic E-state index is 0.0220. The first-order chi connectivity index (χ1) is 7.70. The van der Waals surface area contributed by atoms with Crippen molar-refractivity contribution < 1.29 is 9.59 Å². The quantitative estimate of drug-likeness (QED) is 0.632. The number of rotatable bonds is 1. The SMILES string of the molecule is CC1CCCN2C(=O)N(C3CCC3)C(=O)C12. The zero-order valence-electron chi connectivity index (χ0n) is 9.69. The van der Waals surface area contributed by atoms with Crippen molar-refractivity contribution in [3.05, 3.63) is 0 Å². The molecule has 2 heterocycles. The van der Waals surface area contributed by atoms with Crippen molar-refractivity contribution in [2.24, 2.45) is 5.92 Å². The van der Waals surface area contributed by atoms with Gasteiger partial charge in [0.05, 0.1) is 0 Å². The number of amides is 3. The van der Waals surface area contributed by atoms with Crippen molar-refractivity contribution in [2.45, 2.75) is 51.1 Å². The van der Waals surface area contributed by atoms with Crippen LogP contribution in [0.2, 0.25) is 0 Å². The Kier molecular flexibility index (Phi) is 2.19. The maximum absolute atomic E-state index is 12.3. The van der Waals surface area contributed by atoms with E-state index >= 15 is 0 Å². The summed E-state index contributed by atoms with van der Waals surface area (Å²) in [6.45, 7) is 2.86. The molecule has 4 heteroatoms. The Balaban J connectivity index is 1.87. The molecule has 2 atom stereocenters. The zero-order valence-corrected chi connectivity index (χ0v) is 9.69. The van der Waals surface area contributed by atoms with Crippen LogP contribution in [0.3, 0.4) is 0 Å². The van der Waals surface area contributed by atoms with Gasteiger partial charge in [0.1, 0.15) is 6.04 Å². The zero-order chi connectivity index (χ0) is 11.3. The summed E-state index contributed by atoms with van der Waals surface area (Å²) in [5.74, 6) is 0.400. The summed E-state index contributed by atoms with van der Waals surface area (Å²) >= 11 is 0. The fourth-order valence-corrected chi connectivity index (χ4v) is 3.14. The van der Waals surface area contributed by atoms with E-state index in [1.807, 2.05) is 0 Å². The highest BCUT2D eigenvalue weighted by Gasteiger charge is 2.51. The Morgan fingerprint density at radius 3 is 2.44 bits per heavy atom. The van der Waals surface area contributed by atoms with Gasteiger partial charge in [-0.25, -0.2) is 4.79 Å². The van der Waals surface area contributed by atoms with E-state index < -0.39 is 0 Å². The van der Waals surface area contributed by atoms with Gasteiger partial charge < -0.3 is 4.90 Å². The van der Waals surface area contributed by atoms with Crippen LogP contribution >= 0.6 is 0 Å². The number of urea groups is 1. The Morgan fingerprint density at radius 1 is 1.12 bits per heavy atom. The molecular formula is C12H18N2O2. The summed E-state index contributed by atoms with van der Waals surface area (Å²) in [7, 11) is 0. The molecule has 16 heavy (non-hydrogen) atoms. The Bertz CT molecular complexity index is 338. The minimum atomic E-state index is -0.151. The number of imide groups is 1. The molecule has 0 bridgehead atoms. The predicted octanol–water partition coefficient (Wildman–Crippen LogP) is 1.60. The number of nitrogens with zero attached hydrogens (tertiary/aromatic N) is 2. The van der Waals surface area contributed by atoms with Crippen molar-refractivity contribution in [3.63, 3.8) is 0 Å². The van der Waals surface area contributed by atoms with E-state index in [0.717, 1.165) is 38.6 Å². The molecular weight excluding hydrogens is 204 g/mol. The minimum Gasteiger partial charge on any atom is -0.312 e. The molecule has 3 rings (SSSR count). The van der Waals surface area contributed by atoms with Crippen LogP contribution in [0.1, 0.15) is 39.0 Å². The van der Waals surface area contributed by atoms with Crippen LogP contribution in [0.25, 0.3) is 0 Å². The number of carbonyl (C=O) groups excluding carboxylic acids is 2. The second-order valence-electron chi connectivity index (χ2n) is 5.33. The van der Waals surface area contributed by atoms with Crippen LogP contribution in [-0.2, 0) is 4.79 Å². The van der Waals surface area contributed by atoms with Gasteiger partial charge in [0.15, 0.2) is 0 Å². The number of fused-ring (bicyclic) bond motifs is 1. The van der Waals surface area contributed by atoms with Gasteiger partial charge in [-0.3, -0.25) is 9.69 Å². The van der Waals surface area contributed by atoms with Gasteiger partial charge in [0.25, 0.3) is 5.91 Å². The maximum Gasteiger partial charge on any atom is 0.327 e. The molecule has 0 radical (unpaired) electrons. The summed E-state index contributed by atoms with van der Waals surface area (Å²) in [5.41, 5.74) is 0. The second-order valence-corrected chi connectivity index (χ2v) is 5.33. The molecule has 2 aliphatic heterocycles. The van der Waals surface area contributed by atoms with Gasteiger partial charge >= 0.3 is 6.03 Å². The third kappa shape index (κ3) is 1.22. The highest BCUT2D eigenvalue weighted by atomic mass is 16.2. The summed E-state index contributed by atoms with van der Waals surface area (Å²) in [6, 6.07) is 0.0332. The van der Waals surface area contributed by atoms with Gasteiger partial charge in [-0.15, -0.1) is 0 Å². The maximum atomic E-state index is 12.3. The highest BCUT2D eigenvalue weighted by molar-refractivity contribution is 6.04. The largest absolute Gasteiger partial charge is 0.327 e.